The third kappa shape index (κ3) is 4.37. The normalized spacial score (nSPS) is 11.2. The van der Waals surface area contributed by atoms with Crippen LogP contribution in [0, 0.1) is 13.8 Å². The van der Waals surface area contributed by atoms with Gasteiger partial charge >= 0.3 is 0 Å². The molecule has 0 amide bonds. The van der Waals surface area contributed by atoms with Crippen LogP contribution in [0.4, 0.5) is 0 Å². The number of benzene rings is 4. The molecule has 0 N–H and O–H groups in total. The van der Waals surface area contributed by atoms with Gasteiger partial charge in [0.15, 0.2) is 17.5 Å². The Morgan fingerprint density at radius 1 is 0.400 bits per heavy atom. The molecule has 0 aliphatic carbocycles. The largest absolute Gasteiger partial charge is 0.251 e. The van der Waals surface area contributed by atoms with Gasteiger partial charge in [-0.05, 0) is 37.1 Å². The van der Waals surface area contributed by atoms with E-state index in [1.165, 1.54) is 5.56 Å². The maximum atomic E-state index is 5.02. The van der Waals surface area contributed by atoms with Crippen molar-refractivity contribution in [3.63, 3.8) is 0 Å². The summed E-state index contributed by atoms with van der Waals surface area (Å²) in [6.07, 6.45) is 0. The van der Waals surface area contributed by atoms with E-state index >= 15 is 0 Å². The fourth-order valence-corrected chi connectivity index (χ4v) is 5.07. The fraction of sp³-hybridized carbons (Fsp3) is 0.0571. The van der Waals surface area contributed by atoms with Crippen LogP contribution in [0.2, 0.25) is 0 Å². The van der Waals surface area contributed by atoms with Crippen molar-refractivity contribution < 1.29 is 0 Å². The third-order valence-electron chi connectivity index (χ3n) is 7.06. The number of aryl methyl sites for hydroxylation is 2. The number of hydrogen-bond acceptors (Lipinski definition) is 5. The van der Waals surface area contributed by atoms with E-state index < -0.39 is 0 Å². The van der Waals surface area contributed by atoms with Gasteiger partial charge in [-0.25, -0.2) is 15.0 Å². The Morgan fingerprint density at radius 2 is 0.925 bits per heavy atom. The summed E-state index contributed by atoms with van der Waals surface area (Å²) in [5, 5.41) is 2.02. The lowest BCUT2D eigenvalue weighted by molar-refractivity contribution is 1.07. The zero-order chi connectivity index (χ0) is 27.1. The molecule has 0 fully saturated rings. The van der Waals surface area contributed by atoms with Gasteiger partial charge in [-0.1, -0.05) is 103 Å². The van der Waals surface area contributed by atoms with E-state index in [0.29, 0.717) is 17.5 Å². The number of hydrogen-bond donors (Lipinski definition) is 0. The van der Waals surface area contributed by atoms with Crippen molar-refractivity contribution in [3.8, 4) is 45.3 Å². The van der Waals surface area contributed by atoms with Crippen LogP contribution in [0.25, 0.3) is 67.1 Å². The molecule has 7 aromatic rings. The Labute approximate surface area is 232 Å². The van der Waals surface area contributed by atoms with Gasteiger partial charge in [-0.15, -0.1) is 0 Å². The average molecular weight is 516 g/mol. The van der Waals surface area contributed by atoms with Crippen LogP contribution in [-0.2, 0) is 0 Å². The molecular weight excluding hydrogens is 490 g/mol. The highest BCUT2D eigenvalue weighted by atomic mass is 15.0. The van der Waals surface area contributed by atoms with Crippen LogP contribution in [0.1, 0.15) is 11.4 Å². The minimum atomic E-state index is 0.610. The van der Waals surface area contributed by atoms with Crippen LogP contribution in [0.15, 0.2) is 115 Å². The Morgan fingerprint density at radius 3 is 1.62 bits per heavy atom. The lowest BCUT2D eigenvalue weighted by Crippen LogP contribution is -2.01. The van der Waals surface area contributed by atoms with Crippen molar-refractivity contribution in [2.45, 2.75) is 13.8 Å². The second kappa shape index (κ2) is 9.79. The summed E-state index contributed by atoms with van der Waals surface area (Å²) in [5.41, 5.74) is 8.67. The van der Waals surface area contributed by atoms with E-state index in [1.54, 1.807) is 0 Å². The Hall–Kier alpha value is -5.29. The molecule has 0 aliphatic rings. The molecule has 3 heterocycles. The second-order valence-corrected chi connectivity index (χ2v) is 9.91. The van der Waals surface area contributed by atoms with Crippen LogP contribution < -0.4 is 0 Å². The molecule has 5 nitrogen and oxygen atoms in total. The zero-order valence-corrected chi connectivity index (χ0v) is 22.2. The number of nitrogens with zero attached hydrogens (tertiary/aromatic N) is 5. The molecule has 190 valence electrons. The first-order chi connectivity index (χ1) is 19.6. The maximum Gasteiger partial charge on any atom is 0.164 e. The van der Waals surface area contributed by atoms with Gasteiger partial charge < -0.3 is 0 Å². The van der Waals surface area contributed by atoms with E-state index in [-0.39, 0.29) is 0 Å². The lowest BCUT2D eigenvalue weighted by Gasteiger charge is -2.12. The van der Waals surface area contributed by atoms with Gasteiger partial charge in [-0.3, -0.25) is 9.97 Å². The Kier molecular flexibility index (Phi) is 5.82. The van der Waals surface area contributed by atoms with Crippen molar-refractivity contribution in [2.24, 2.45) is 0 Å². The molecule has 0 aliphatic heterocycles. The summed E-state index contributed by atoms with van der Waals surface area (Å²) < 4.78 is 0. The van der Waals surface area contributed by atoms with Crippen molar-refractivity contribution in [1.29, 1.82) is 0 Å². The number of aromatic nitrogens is 5. The van der Waals surface area contributed by atoms with Crippen molar-refractivity contribution in [3.05, 3.63) is 127 Å². The molecule has 40 heavy (non-hydrogen) atoms. The summed E-state index contributed by atoms with van der Waals surface area (Å²) in [5.74, 6) is 1.87. The summed E-state index contributed by atoms with van der Waals surface area (Å²) in [7, 11) is 0. The molecule has 0 saturated heterocycles. The van der Waals surface area contributed by atoms with Gasteiger partial charge in [0.05, 0.1) is 11.0 Å². The molecule has 0 saturated carbocycles. The quantitative estimate of drug-likeness (QED) is 0.221. The highest BCUT2D eigenvalue weighted by Crippen LogP contribution is 2.33. The summed E-state index contributed by atoms with van der Waals surface area (Å²) in [6.45, 7) is 4.00. The molecule has 4 aromatic carbocycles. The minimum absolute atomic E-state index is 0.610. The molecule has 0 spiro atoms. The van der Waals surface area contributed by atoms with Crippen LogP contribution >= 0.6 is 0 Å². The molecule has 7 rings (SSSR count). The van der Waals surface area contributed by atoms with Gasteiger partial charge in [0, 0.05) is 38.9 Å². The number of pyridine rings is 2. The SMILES string of the molecule is Cc1ccc2ccc3c(-c4nc(-c5ccccc5)nc(-c5ccc(-c6ccccc6)cc5)n4)cc(C)nc3c2n1. The van der Waals surface area contributed by atoms with Gasteiger partial charge in [0.1, 0.15) is 0 Å². The van der Waals surface area contributed by atoms with Gasteiger partial charge in [0.25, 0.3) is 0 Å². The zero-order valence-electron chi connectivity index (χ0n) is 22.2. The van der Waals surface area contributed by atoms with Gasteiger partial charge in [-0.2, -0.15) is 0 Å². The summed E-state index contributed by atoms with van der Waals surface area (Å²) >= 11 is 0. The second-order valence-electron chi connectivity index (χ2n) is 9.91. The van der Waals surface area contributed by atoms with Crippen LogP contribution in [0.5, 0.6) is 0 Å². The molecular formula is C35H25N5. The van der Waals surface area contributed by atoms with Crippen molar-refractivity contribution in [2.75, 3.05) is 0 Å². The Balaban J connectivity index is 1.44. The number of rotatable bonds is 4. The smallest absolute Gasteiger partial charge is 0.164 e. The predicted molar refractivity (Wildman–Crippen MR) is 162 cm³/mol. The minimum Gasteiger partial charge on any atom is -0.251 e. The first-order valence-corrected chi connectivity index (χ1v) is 13.3. The standard InChI is InChI=1S/C35H25N5/c1-22-13-14-26-19-20-29-30(21-23(2)37-32(29)31(26)36-22)35-39-33(27-11-7-4-8-12-27)38-34(40-35)28-17-15-25(16-18-28)24-9-5-3-6-10-24/h3-21H,1-2H3. The summed E-state index contributed by atoms with van der Waals surface area (Å²) in [6, 6.07) is 39.1. The topological polar surface area (TPSA) is 64.5 Å². The molecule has 5 heteroatoms. The molecule has 0 atom stereocenters. The van der Waals surface area contributed by atoms with Gasteiger partial charge in [0.2, 0.25) is 0 Å². The highest BCUT2D eigenvalue weighted by molar-refractivity contribution is 6.07. The highest BCUT2D eigenvalue weighted by Gasteiger charge is 2.17. The maximum absolute atomic E-state index is 5.02. The van der Waals surface area contributed by atoms with E-state index in [4.69, 9.17) is 24.9 Å². The van der Waals surface area contributed by atoms with Crippen LogP contribution in [-0.4, -0.2) is 24.9 Å². The average Bonchev–Trinajstić information content (AvgIpc) is 3.01. The molecule has 0 radical (unpaired) electrons. The predicted octanol–water partition coefficient (Wildman–Crippen LogP) is 8.25. The molecule has 3 aromatic heterocycles. The Bertz CT molecular complexity index is 2000. The van der Waals surface area contributed by atoms with Crippen LogP contribution in [0.3, 0.4) is 0 Å². The van der Waals surface area contributed by atoms with E-state index in [9.17, 15) is 0 Å². The van der Waals surface area contributed by atoms with E-state index in [2.05, 4.69) is 72.8 Å². The van der Waals surface area contributed by atoms with E-state index in [0.717, 1.165) is 55.4 Å². The monoisotopic (exact) mass is 515 g/mol. The van der Waals surface area contributed by atoms with E-state index in [1.807, 2.05) is 56.3 Å². The van der Waals surface area contributed by atoms with Crippen molar-refractivity contribution in [1.82, 2.24) is 24.9 Å². The van der Waals surface area contributed by atoms with Crippen molar-refractivity contribution >= 4 is 21.8 Å². The molecule has 0 unspecified atom stereocenters. The lowest BCUT2D eigenvalue weighted by atomic mass is 10.0. The fourth-order valence-electron chi connectivity index (χ4n) is 5.07. The first-order valence-electron chi connectivity index (χ1n) is 13.3. The molecule has 0 bridgehead atoms. The summed E-state index contributed by atoms with van der Waals surface area (Å²) in [4.78, 5) is 24.6. The third-order valence-corrected chi connectivity index (χ3v) is 7.06. The first kappa shape index (κ1) is 23.8. The number of fused-ring (bicyclic) bond motifs is 3.